The van der Waals surface area contributed by atoms with Crippen LogP contribution in [0.1, 0.15) is 18.4 Å². The Hall–Kier alpha value is -2.96. The van der Waals surface area contributed by atoms with Crippen molar-refractivity contribution in [1.29, 1.82) is 0 Å². The molecule has 0 unspecified atom stereocenters. The van der Waals surface area contributed by atoms with Crippen molar-refractivity contribution in [1.82, 2.24) is 0 Å². The number of anilines is 1. The molecule has 7 heteroatoms. The average molecular weight is 332 g/mol. The minimum absolute atomic E-state index is 0.182. The Balaban J connectivity index is 1.86. The van der Waals surface area contributed by atoms with Gasteiger partial charge >= 0.3 is 0 Å². The van der Waals surface area contributed by atoms with Crippen molar-refractivity contribution in [3.63, 3.8) is 0 Å². The molecule has 0 aliphatic rings. The first kappa shape index (κ1) is 17.4. The molecule has 0 saturated heterocycles. The number of non-ortho nitro benzene ring substituents is 1. The molecular weight excluding hydrogens is 315 g/mol. The van der Waals surface area contributed by atoms with Crippen LogP contribution in [0, 0.1) is 15.9 Å². The molecular formula is C17H17FN2O4. The second-order valence-electron chi connectivity index (χ2n) is 5.17. The summed E-state index contributed by atoms with van der Waals surface area (Å²) in [4.78, 5) is 21.9. The number of benzene rings is 2. The van der Waals surface area contributed by atoms with Crippen molar-refractivity contribution in [2.45, 2.75) is 19.3 Å². The van der Waals surface area contributed by atoms with Crippen LogP contribution in [0.3, 0.4) is 0 Å². The maximum atomic E-state index is 13.6. The number of aryl methyl sites for hydroxylation is 1. The van der Waals surface area contributed by atoms with Crippen LogP contribution in [0.25, 0.3) is 0 Å². The minimum Gasteiger partial charge on any atom is -0.497 e. The van der Waals surface area contributed by atoms with Crippen LogP contribution in [0.5, 0.6) is 5.75 Å². The zero-order chi connectivity index (χ0) is 17.5. The van der Waals surface area contributed by atoms with Crippen LogP contribution in [-0.2, 0) is 11.2 Å². The van der Waals surface area contributed by atoms with E-state index in [0.29, 0.717) is 12.8 Å². The molecule has 2 aromatic rings. The smallest absolute Gasteiger partial charge is 0.271 e. The molecule has 126 valence electrons. The summed E-state index contributed by atoms with van der Waals surface area (Å²) in [7, 11) is 1.59. The van der Waals surface area contributed by atoms with Gasteiger partial charge in [-0.25, -0.2) is 4.39 Å². The van der Waals surface area contributed by atoms with Crippen molar-refractivity contribution in [2.24, 2.45) is 0 Å². The van der Waals surface area contributed by atoms with Crippen molar-refractivity contribution in [2.75, 3.05) is 12.4 Å². The quantitative estimate of drug-likeness (QED) is 0.619. The number of hydrogen-bond donors (Lipinski definition) is 1. The number of halogens is 1. The van der Waals surface area contributed by atoms with E-state index in [9.17, 15) is 19.3 Å². The number of methoxy groups -OCH3 is 1. The fraction of sp³-hybridized carbons (Fsp3) is 0.235. The van der Waals surface area contributed by atoms with Gasteiger partial charge in [0.2, 0.25) is 5.91 Å². The topological polar surface area (TPSA) is 81.5 Å². The number of nitrogens with zero attached hydrogens (tertiary/aromatic N) is 1. The number of ether oxygens (including phenoxy) is 1. The number of rotatable bonds is 7. The maximum absolute atomic E-state index is 13.6. The number of nitro groups is 1. The molecule has 2 rings (SSSR count). The zero-order valence-corrected chi connectivity index (χ0v) is 13.1. The Morgan fingerprint density at radius 2 is 1.96 bits per heavy atom. The van der Waals surface area contributed by atoms with Gasteiger partial charge in [0, 0.05) is 18.6 Å². The lowest BCUT2D eigenvalue weighted by Crippen LogP contribution is -2.13. The van der Waals surface area contributed by atoms with Gasteiger partial charge in [-0.1, -0.05) is 12.1 Å². The molecule has 1 N–H and O–H groups in total. The molecule has 0 radical (unpaired) electrons. The third-order valence-corrected chi connectivity index (χ3v) is 3.46. The van der Waals surface area contributed by atoms with Gasteiger partial charge in [0.1, 0.15) is 11.6 Å². The number of amides is 1. The number of carbonyl (C=O) groups excluding carboxylic acids is 1. The van der Waals surface area contributed by atoms with E-state index in [-0.39, 0.29) is 23.7 Å². The van der Waals surface area contributed by atoms with E-state index in [2.05, 4.69) is 5.32 Å². The van der Waals surface area contributed by atoms with E-state index in [1.807, 2.05) is 24.3 Å². The number of nitro benzene ring substituents is 1. The minimum atomic E-state index is -0.705. The van der Waals surface area contributed by atoms with E-state index in [0.717, 1.165) is 29.5 Å². The standard InChI is InChI=1S/C17H17FN2O4/c1-24-14-8-5-12(6-9-14)3-2-4-17(21)19-16-11-13(20(22)23)7-10-15(16)18/h5-11H,2-4H2,1H3,(H,19,21). The lowest BCUT2D eigenvalue weighted by Gasteiger charge is -2.07. The Bertz CT molecular complexity index is 732. The number of nitrogens with one attached hydrogen (secondary N) is 1. The van der Waals surface area contributed by atoms with Crippen LogP contribution < -0.4 is 10.1 Å². The molecule has 0 heterocycles. The van der Waals surface area contributed by atoms with Crippen molar-refractivity contribution >= 4 is 17.3 Å². The molecule has 0 bridgehead atoms. The molecule has 2 aromatic carbocycles. The van der Waals surface area contributed by atoms with E-state index in [1.165, 1.54) is 0 Å². The summed E-state index contributed by atoms with van der Waals surface area (Å²) in [6, 6.07) is 10.5. The molecule has 0 fully saturated rings. The van der Waals surface area contributed by atoms with Gasteiger partial charge in [0.25, 0.3) is 5.69 Å². The first-order valence-electron chi connectivity index (χ1n) is 7.36. The van der Waals surface area contributed by atoms with Gasteiger partial charge in [-0.05, 0) is 36.6 Å². The molecule has 0 aliphatic carbocycles. The third kappa shape index (κ3) is 4.77. The van der Waals surface area contributed by atoms with Gasteiger partial charge in [-0.2, -0.15) is 0 Å². The summed E-state index contributed by atoms with van der Waals surface area (Å²) in [5, 5.41) is 13.1. The van der Waals surface area contributed by atoms with Crippen LogP contribution in [0.4, 0.5) is 15.8 Å². The van der Waals surface area contributed by atoms with Gasteiger partial charge in [-0.15, -0.1) is 0 Å². The highest BCUT2D eigenvalue weighted by molar-refractivity contribution is 5.91. The fourth-order valence-corrected chi connectivity index (χ4v) is 2.18. The Morgan fingerprint density at radius 3 is 2.58 bits per heavy atom. The molecule has 6 nitrogen and oxygen atoms in total. The van der Waals surface area contributed by atoms with Crippen LogP contribution >= 0.6 is 0 Å². The van der Waals surface area contributed by atoms with Gasteiger partial charge in [0.05, 0.1) is 17.7 Å². The molecule has 0 aromatic heterocycles. The maximum Gasteiger partial charge on any atom is 0.271 e. The number of hydrogen-bond acceptors (Lipinski definition) is 4. The molecule has 0 saturated carbocycles. The summed E-state index contributed by atoms with van der Waals surface area (Å²) in [5.41, 5.74) is 0.605. The average Bonchev–Trinajstić information content (AvgIpc) is 2.57. The second-order valence-corrected chi connectivity index (χ2v) is 5.17. The fourth-order valence-electron chi connectivity index (χ4n) is 2.18. The molecule has 0 atom stereocenters. The number of carbonyl (C=O) groups is 1. The summed E-state index contributed by atoms with van der Waals surface area (Å²) < 4.78 is 18.7. The van der Waals surface area contributed by atoms with E-state index in [1.54, 1.807) is 7.11 Å². The van der Waals surface area contributed by atoms with Crippen molar-refractivity contribution in [3.05, 3.63) is 64.0 Å². The summed E-state index contributed by atoms with van der Waals surface area (Å²) in [6.45, 7) is 0. The molecule has 0 aliphatic heterocycles. The summed E-state index contributed by atoms with van der Waals surface area (Å²) in [5.74, 6) is -0.329. The van der Waals surface area contributed by atoms with Crippen LogP contribution in [0.2, 0.25) is 0 Å². The first-order chi connectivity index (χ1) is 11.5. The van der Waals surface area contributed by atoms with Crippen LogP contribution in [-0.4, -0.2) is 17.9 Å². The Labute approximate surface area is 138 Å². The normalized spacial score (nSPS) is 10.2. The van der Waals surface area contributed by atoms with E-state index >= 15 is 0 Å². The van der Waals surface area contributed by atoms with E-state index < -0.39 is 10.7 Å². The predicted octanol–water partition coefficient (Wildman–Crippen LogP) is 3.70. The highest BCUT2D eigenvalue weighted by Gasteiger charge is 2.13. The Kier molecular flexibility index (Phi) is 5.83. The molecule has 1 amide bonds. The zero-order valence-electron chi connectivity index (χ0n) is 13.1. The monoisotopic (exact) mass is 332 g/mol. The molecule has 0 spiro atoms. The van der Waals surface area contributed by atoms with Gasteiger partial charge in [0.15, 0.2) is 0 Å². The third-order valence-electron chi connectivity index (χ3n) is 3.46. The van der Waals surface area contributed by atoms with Gasteiger partial charge in [-0.3, -0.25) is 14.9 Å². The molecule has 24 heavy (non-hydrogen) atoms. The second kappa shape index (κ2) is 8.05. The van der Waals surface area contributed by atoms with E-state index in [4.69, 9.17) is 4.74 Å². The van der Waals surface area contributed by atoms with Crippen molar-refractivity contribution in [3.8, 4) is 5.75 Å². The Morgan fingerprint density at radius 1 is 1.25 bits per heavy atom. The summed E-state index contributed by atoms with van der Waals surface area (Å²) in [6.07, 6.45) is 1.46. The van der Waals surface area contributed by atoms with Crippen molar-refractivity contribution < 1.29 is 18.8 Å². The largest absolute Gasteiger partial charge is 0.497 e. The van der Waals surface area contributed by atoms with Gasteiger partial charge < -0.3 is 10.1 Å². The van der Waals surface area contributed by atoms with Crippen LogP contribution in [0.15, 0.2) is 42.5 Å². The lowest BCUT2D eigenvalue weighted by atomic mass is 10.1. The highest BCUT2D eigenvalue weighted by Crippen LogP contribution is 2.21. The predicted molar refractivity (Wildman–Crippen MR) is 87.6 cm³/mol. The SMILES string of the molecule is COc1ccc(CCCC(=O)Nc2cc([N+](=O)[O-])ccc2F)cc1. The lowest BCUT2D eigenvalue weighted by molar-refractivity contribution is -0.384. The highest BCUT2D eigenvalue weighted by atomic mass is 19.1. The first-order valence-corrected chi connectivity index (χ1v) is 7.36. The summed E-state index contributed by atoms with van der Waals surface area (Å²) >= 11 is 0.